The number of ether oxygens (including phenoxy) is 1. The third-order valence-electron chi connectivity index (χ3n) is 2.74. The van der Waals surface area contributed by atoms with E-state index in [0.717, 1.165) is 5.56 Å². The molecule has 1 aromatic rings. The first-order chi connectivity index (χ1) is 8.00. The van der Waals surface area contributed by atoms with Crippen molar-refractivity contribution in [2.45, 2.75) is 26.0 Å². The second kappa shape index (κ2) is 4.08. The second-order valence-electron chi connectivity index (χ2n) is 4.08. The Kier molecular flexibility index (Phi) is 2.75. The molecule has 5 heteroatoms. The Morgan fingerprint density at radius 2 is 2.18 bits per heavy atom. The third kappa shape index (κ3) is 1.95. The molecule has 2 rings (SSSR count). The molecule has 1 aromatic carbocycles. The van der Waals surface area contributed by atoms with Gasteiger partial charge in [0.2, 0.25) is 0 Å². The zero-order chi connectivity index (χ0) is 12.6. The van der Waals surface area contributed by atoms with Gasteiger partial charge in [0, 0.05) is 5.69 Å². The zero-order valence-electron chi connectivity index (χ0n) is 9.58. The highest BCUT2D eigenvalue weighted by Crippen LogP contribution is 2.27. The number of carboxylic acid groups (broad SMARTS) is 1. The van der Waals surface area contributed by atoms with Crippen LogP contribution in [0.2, 0.25) is 0 Å². The standard InChI is InChI=1S/C12H13NO4/c1-7-4-3-5-9(6-7)13-10(11(14)15)8(2)17-12(13)16/h3-6,8,10H,1-2H3,(H,14,15). The summed E-state index contributed by atoms with van der Waals surface area (Å²) in [6.45, 7) is 3.45. The highest BCUT2D eigenvalue weighted by atomic mass is 16.6. The van der Waals surface area contributed by atoms with Crippen molar-refractivity contribution in [2.75, 3.05) is 4.90 Å². The summed E-state index contributed by atoms with van der Waals surface area (Å²) in [5, 5.41) is 9.13. The molecule has 1 aliphatic heterocycles. The normalized spacial score (nSPS) is 23.6. The number of carbonyl (C=O) groups excluding carboxylic acids is 1. The fourth-order valence-corrected chi connectivity index (χ4v) is 1.96. The molecule has 1 saturated heterocycles. The number of benzene rings is 1. The van der Waals surface area contributed by atoms with Gasteiger partial charge in [-0.3, -0.25) is 4.90 Å². The van der Waals surface area contributed by atoms with Crippen LogP contribution in [0.5, 0.6) is 0 Å². The van der Waals surface area contributed by atoms with Gasteiger partial charge in [-0.2, -0.15) is 0 Å². The summed E-state index contributed by atoms with van der Waals surface area (Å²) in [5.74, 6) is -1.06. The smallest absolute Gasteiger partial charge is 0.415 e. The summed E-state index contributed by atoms with van der Waals surface area (Å²) in [5.41, 5.74) is 1.51. The van der Waals surface area contributed by atoms with E-state index in [1.807, 2.05) is 13.0 Å². The first-order valence-corrected chi connectivity index (χ1v) is 5.30. The number of aryl methyl sites for hydroxylation is 1. The fraction of sp³-hybridized carbons (Fsp3) is 0.333. The van der Waals surface area contributed by atoms with Crippen LogP contribution in [0.25, 0.3) is 0 Å². The first-order valence-electron chi connectivity index (χ1n) is 5.30. The number of aliphatic carboxylic acids is 1. The van der Waals surface area contributed by atoms with Crippen LogP contribution in [0.1, 0.15) is 12.5 Å². The van der Waals surface area contributed by atoms with Crippen molar-refractivity contribution >= 4 is 17.7 Å². The fourth-order valence-electron chi connectivity index (χ4n) is 1.96. The van der Waals surface area contributed by atoms with Crippen LogP contribution < -0.4 is 4.90 Å². The quantitative estimate of drug-likeness (QED) is 0.848. The van der Waals surface area contributed by atoms with E-state index >= 15 is 0 Å². The molecule has 1 fully saturated rings. The van der Waals surface area contributed by atoms with Gasteiger partial charge in [0.1, 0.15) is 6.10 Å². The summed E-state index contributed by atoms with van der Waals surface area (Å²) < 4.78 is 4.95. The Morgan fingerprint density at radius 1 is 1.47 bits per heavy atom. The van der Waals surface area contributed by atoms with Gasteiger partial charge in [0.05, 0.1) is 0 Å². The van der Waals surface area contributed by atoms with Gasteiger partial charge >= 0.3 is 12.1 Å². The minimum Gasteiger partial charge on any atom is -0.480 e. The van der Waals surface area contributed by atoms with Gasteiger partial charge in [-0.25, -0.2) is 9.59 Å². The number of hydrogen-bond acceptors (Lipinski definition) is 3. The maximum atomic E-state index is 11.7. The van der Waals surface area contributed by atoms with Gasteiger partial charge in [-0.1, -0.05) is 12.1 Å². The number of anilines is 1. The van der Waals surface area contributed by atoms with Crippen molar-refractivity contribution in [3.05, 3.63) is 29.8 Å². The summed E-state index contributed by atoms with van der Waals surface area (Å²) in [7, 11) is 0. The van der Waals surface area contributed by atoms with E-state index in [1.165, 1.54) is 4.90 Å². The molecule has 1 amide bonds. The molecular weight excluding hydrogens is 222 g/mol. The first kappa shape index (κ1) is 11.4. The summed E-state index contributed by atoms with van der Waals surface area (Å²) in [6, 6.07) is 6.14. The number of rotatable bonds is 2. The zero-order valence-corrected chi connectivity index (χ0v) is 9.58. The predicted molar refractivity (Wildman–Crippen MR) is 61.0 cm³/mol. The third-order valence-corrected chi connectivity index (χ3v) is 2.74. The van der Waals surface area contributed by atoms with Crippen molar-refractivity contribution in [1.82, 2.24) is 0 Å². The molecule has 0 aromatic heterocycles. The SMILES string of the molecule is Cc1cccc(N2C(=O)OC(C)C2C(=O)O)c1. The number of carbonyl (C=O) groups is 2. The maximum absolute atomic E-state index is 11.7. The molecule has 1 heterocycles. The molecule has 17 heavy (non-hydrogen) atoms. The van der Waals surface area contributed by atoms with Crippen LogP contribution >= 0.6 is 0 Å². The maximum Gasteiger partial charge on any atom is 0.415 e. The number of amides is 1. The molecule has 90 valence electrons. The molecule has 1 N–H and O–H groups in total. The molecule has 0 bridgehead atoms. The number of hydrogen-bond donors (Lipinski definition) is 1. The number of carboxylic acids is 1. The molecule has 0 aliphatic carbocycles. The van der Waals surface area contributed by atoms with Crippen molar-refractivity contribution in [3.63, 3.8) is 0 Å². The van der Waals surface area contributed by atoms with E-state index in [2.05, 4.69) is 0 Å². The van der Waals surface area contributed by atoms with Crippen molar-refractivity contribution in [2.24, 2.45) is 0 Å². The lowest BCUT2D eigenvalue weighted by atomic mass is 10.1. The van der Waals surface area contributed by atoms with Crippen LogP contribution in [0, 0.1) is 6.92 Å². The lowest BCUT2D eigenvalue weighted by Crippen LogP contribution is -2.42. The largest absolute Gasteiger partial charge is 0.480 e. The monoisotopic (exact) mass is 235 g/mol. The van der Waals surface area contributed by atoms with Crippen LogP contribution in [0.15, 0.2) is 24.3 Å². The van der Waals surface area contributed by atoms with E-state index in [-0.39, 0.29) is 0 Å². The van der Waals surface area contributed by atoms with Gasteiger partial charge < -0.3 is 9.84 Å². The molecule has 2 unspecified atom stereocenters. The summed E-state index contributed by atoms with van der Waals surface area (Å²) in [4.78, 5) is 24.0. The highest BCUT2D eigenvalue weighted by Gasteiger charge is 2.44. The highest BCUT2D eigenvalue weighted by molar-refractivity contribution is 5.98. The van der Waals surface area contributed by atoms with E-state index in [9.17, 15) is 9.59 Å². The predicted octanol–water partition coefficient (Wildman–Crippen LogP) is 1.79. The van der Waals surface area contributed by atoms with Crippen molar-refractivity contribution in [3.8, 4) is 0 Å². The molecular formula is C12H13NO4. The van der Waals surface area contributed by atoms with Gasteiger partial charge in [-0.05, 0) is 31.5 Å². The van der Waals surface area contributed by atoms with Crippen LogP contribution in [0.4, 0.5) is 10.5 Å². The minimum atomic E-state index is -1.06. The van der Waals surface area contributed by atoms with Crippen LogP contribution in [-0.2, 0) is 9.53 Å². The van der Waals surface area contributed by atoms with E-state index in [1.54, 1.807) is 25.1 Å². The lowest BCUT2D eigenvalue weighted by Gasteiger charge is -2.19. The lowest BCUT2D eigenvalue weighted by molar-refractivity contribution is -0.139. The Balaban J connectivity index is 2.41. The molecule has 1 aliphatic rings. The van der Waals surface area contributed by atoms with E-state index < -0.39 is 24.2 Å². The topological polar surface area (TPSA) is 66.8 Å². The Bertz CT molecular complexity index is 471. The van der Waals surface area contributed by atoms with Gasteiger partial charge in [0.15, 0.2) is 6.04 Å². The Hall–Kier alpha value is -2.04. The molecule has 0 spiro atoms. The number of nitrogens with zero attached hydrogens (tertiary/aromatic N) is 1. The Labute approximate surface area is 98.6 Å². The van der Waals surface area contributed by atoms with E-state index in [4.69, 9.17) is 9.84 Å². The summed E-state index contributed by atoms with van der Waals surface area (Å²) >= 11 is 0. The minimum absolute atomic E-state index is 0.548. The van der Waals surface area contributed by atoms with Crippen LogP contribution in [0.3, 0.4) is 0 Å². The summed E-state index contributed by atoms with van der Waals surface area (Å²) in [6.07, 6.45) is -1.27. The Morgan fingerprint density at radius 3 is 2.76 bits per heavy atom. The molecule has 2 atom stereocenters. The van der Waals surface area contributed by atoms with Crippen molar-refractivity contribution in [1.29, 1.82) is 0 Å². The van der Waals surface area contributed by atoms with Gasteiger partial charge in [0.25, 0.3) is 0 Å². The van der Waals surface area contributed by atoms with Crippen molar-refractivity contribution < 1.29 is 19.4 Å². The second-order valence-corrected chi connectivity index (χ2v) is 4.08. The molecule has 5 nitrogen and oxygen atoms in total. The van der Waals surface area contributed by atoms with Crippen LogP contribution in [-0.4, -0.2) is 29.3 Å². The average Bonchev–Trinajstić information content (AvgIpc) is 2.53. The number of cyclic esters (lactones) is 1. The van der Waals surface area contributed by atoms with Gasteiger partial charge in [-0.15, -0.1) is 0 Å². The van der Waals surface area contributed by atoms with E-state index in [0.29, 0.717) is 5.69 Å². The molecule has 0 saturated carbocycles. The molecule has 0 radical (unpaired) electrons. The average molecular weight is 235 g/mol.